The van der Waals surface area contributed by atoms with E-state index in [0.717, 1.165) is 18.9 Å². The van der Waals surface area contributed by atoms with E-state index in [9.17, 15) is 18.0 Å². The highest BCUT2D eigenvalue weighted by atomic mass is 35.5. The summed E-state index contributed by atoms with van der Waals surface area (Å²) in [6, 6.07) is 9.71. The Morgan fingerprint density at radius 1 is 1.19 bits per heavy atom. The van der Waals surface area contributed by atoms with Gasteiger partial charge in [-0.1, -0.05) is 23.2 Å². The van der Waals surface area contributed by atoms with Gasteiger partial charge in [0.1, 0.15) is 0 Å². The predicted molar refractivity (Wildman–Crippen MR) is 121 cm³/mol. The van der Waals surface area contributed by atoms with Gasteiger partial charge in [-0.05, 0) is 62.2 Å². The minimum atomic E-state index is -4.01. The number of amides is 1. The van der Waals surface area contributed by atoms with Gasteiger partial charge in [-0.25, -0.2) is 13.2 Å². The van der Waals surface area contributed by atoms with Crippen LogP contribution in [-0.4, -0.2) is 45.7 Å². The van der Waals surface area contributed by atoms with Crippen LogP contribution in [0.5, 0.6) is 0 Å². The Labute approximate surface area is 196 Å². The van der Waals surface area contributed by atoms with E-state index in [1.165, 1.54) is 43.3 Å². The number of hydrogen-bond donors (Lipinski definition) is 2. The number of carbonyl (C=O) groups excluding carboxylic acids is 2. The Hall–Kier alpha value is -2.33. The Balaban J connectivity index is 1.67. The number of sulfonamides is 1. The van der Waals surface area contributed by atoms with Crippen LogP contribution in [0, 0.1) is 0 Å². The van der Waals surface area contributed by atoms with Crippen molar-refractivity contribution in [1.29, 1.82) is 0 Å². The molecule has 1 heterocycles. The van der Waals surface area contributed by atoms with Gasteiger partial charge in [0.2, 0.25) is 0 Å². The molecule has 1 aliphatic rings. The summed E-state index contributed by atoms with van der Waals surface area (Å²) in [6.07, 6.45) is 0.643. The molecular weight excluding hydrogens is 479 g/mol. The molecule has 1 fully saturated rings. The van der Waals surface area contributed by atoms with E-state index >= 15 is 0 Å². The van der Waals surface area contributed by atoms with Crippen molar-refractivity contribution in [1.82, 2.24) is 5.32 Å². The number of halogens is 2. The molecule has 1 amide bonds. The lowest BCUT2D eigenvalue weighted by atomic mass is 10.2. The molecule has 0 radical (unpaired) electrons. The third kappa shape index (κ3) is 6.35. The zero-order chi connectivity index (χ0) is 23.3. The van der Waals surface area contributed by atoms with Crippen LogP contribution in [0.4, 0.5) is 5.69 Å². The van der Waals surface area contributed by atoms with Crippen LogP contribution in [0.2, 0.25) is 10.0 Å². The maximum absolute atomic E-state index is 12.7. The van der Waals surface area contributed by atoms with Crippen LogP contribution in [0.25, 0.3) is 0 Å². The van der Waals surface area contributed by atoms with E-state index in [1.54, 1.807) is 0 Å². The standard InChI is InChI=1S/C21H22Cl2N2O6S/c1-13(20(26)24-12-16-3-2-10-30-16)31-21(27)18-11-17(8-9-19(18)23)32(28,29)25-15-6-4-14(22)5-7-15/h4-9,11,13,16,25H,2-3,10,12H2,1H3,(H,24,26)/t13-,16-/m0/s1. The second kappa shape index (κ2) is 10.5. The first-order valence-corrected chi connectivity index (χ1v) is 12.1. The molecule has 2 aromatic carbocycles. The van der Waals surface area contributed by atoms with Crippen LogP contribution in [0.1, 0.15) is 30.1 Å². The lowest BCUT2D eigenvalue weighted by molar-refractivity contribution is -0.129. The van der Waals surface area contributed by atoms with E-state index in [0.29, 0.717) is 23.9 Å². The Bertz CT molecular complexity index is 1090. The number of benzene rings is 2. The van der Waals surface area contributed by atoms with Crippen molar-refractivity contribution < 1.29 is 27.5 Å². The molecule has 0 saturated carbocycles. The van der Waals surface area contributed by atoms with Gasteiger partial charge in [-0.2, -0.15) is 0 Å². The van der Waals surface area contributed by atoms with Crippen LogP contribution >= 0.6 is 23.2 Å². The molecule has 3 rings (SSSR count). The molecule has 32 heavy (non-hydrogen) atoms. The molecule has 2 aromatic rings. The minimum absolute atomic E-state index is 0.00703. The van der Waals surface area contributed by atoms with Crippen molar-refractivity contribution in [2.45, 2.75) is 36.9 Å². The maximum atomic E-state index is 12.7. The Morgan fingerprint density at radius 2 is 1.91 bits per heavy atom. The van der Waals surface area contributed by atoms with Crippen LogP contribution in [0.3, 0.4) is 0 Å². The molecule has 0 spiro atoms. The van der Waals surface area contributed by atoms with Gasteiger partial charge >= 0.3 is 5.97 Å². The lowest BCUT2D eigenvalue weighted by Crippen LogP contribution is -2.39. The summed E-state index contributed by atoms with van der Waals surface area (Å²) in [7, 11) is -4.01. The molecule has 0 bridgehead atoms. The van der Waals surface area contributed by atoms with Crippen LogP contribution < -0.4 is 10.0 Å². The van der Waals surface area contributed by atoms with Crippen molar-refractivity contribution in [2.24, 2.45) is 0 Å². The highest BCUT2D eigenvalue weighted by Crippen LogP contribution is 2.24. The van der Waals surface area contributed by atoms with E-state index in [1.807, 2.05) is 0 Å². The second-order valence-corrected chi connectivity index (χ2v) is 9.71. The summed E-state index contributed by atoms with van der Waals surface area (Å²) >= 11 is 11.9. The fourth-order valence-corrected chi connectivity index (χ4v) is 4.41. The number of esters is 1. The maximum Gasteiger partial charge on any atom is 0.340 e. The van der Waals surface area contributed by atoms with Gasteiger partial charge in [0.15, 0.2) is 6.10 Å². The molecule has 8 nitrogen and oxygen atoms in total. The fraction of sp³-hybridized carbons (Fsp3) is 0.333. The summed E-state index contributed by atoms with van der Waals surface area (Å²) in [5, 5.41) is 3.12. The van der Waals surface area contributed by atoms with Crippen molar-refractivity contribution in [3.63, 3.8) is 0 Å². The number of carbonyl (C=O) groups is 2. The van der Waals surface area contributed by atoms with Crippen molar-refractivity contribution in [3.8, 4) is 0 Å². The largest absolute Gasteiger partial charge is 0.449 e. The van der Waals surface area contributed by atoms with Gasteiger partial charge in [-0.3, -0.25) is 9.52 Å². The van der Waals surface area contributed by atoms with Gasteiger partial charge in [0.05, 0.1) is 21.6 Å². The number of nitrogens with one attached hydrogen (secondary N) is 2. The Kier molecular flexibility index (Phi) is 8.00. The summed E-state index contributed by atoms with van der Waals surface area (Å²) in [4.78, 5) is 24.6. The lowest BCUT2D eigenvalue weighted by Gasteiger charge is -2.16. The molecule has 0 unspecified atom stereocenters. The normalized spacial score (nSPS) is 16.9. The summed E-state index contributed by atoms with van der Waals surface area (Å²) in [5.74, 6) is -1.41. The molecular formula is C21H22Cl2N2O6S. The second-order valence-electron chi connectivity index (χ2n) is 7.18. The van der Waals surface area contributed by atoms with Gasteiger partial charge in [-0.15, -0.1) is 0 Å². The molecule has 2 atom stereocenters. The zero-order valence-corrected chi connectivity index (χ0v) is 19.5. The van der Waals surface area contributed by atoms with Crippen molar-refractivity contribution in [2.75, 3.05) is 17.9 Å². The van der Waals surface area contributed by atoms with Crippen molar-refractivity contribution >= 4 is 50.8 Å². The number of ether oxygens (including phenoxy) is 2. The van der Waals surface area contributed by atoms with Crippen molar-refractivity contribution in [3.05, 3.63) is 58.1 Å². The van der Waals surface area contributed by atoms with Gasteiger partial charge in [0.25, 0.3) is 15.9 Å². The first-order chi connectivity index (χ1) is 15.2. The van der Waals surface area contributed by atoms with E-state index in [-0.39, 0.29) is 21.6 Å². The van der Waals surface area contributed by atoms with E-state index in [2.05, 4.69) is 10.0 Å². The summed E-state index contributed by atoms with van der Waals surface area (Å²) in [6.45, 7) is 2.40. The number of hydrogen-bond acceptors (Lipinski definition) is 6. The summed E-state index contributed by atoms with van der Waals surface area (Å²) < 4.78 is 38.4. The molecule has 11 heteroatoms. The monoisotopic (exact) mass is 500 g/mol. The van der Waals surface area contributed by atoms with E-state index < -0.39 is 28.0 Å². The molecule has 0 aliphatic carbocycles. The third-order valence-corrected chi connectivity index (χ3v) is 6.71. The topological polar surface area (TPSA) is 111 Å². The molecule has 0 aromatic heterocycles. The summed E-state index contributed by atoms with van der Waals surface area (Å²) in [5.41, 5.74) is 0.120. The molecule has 172 valence electrons. The smallest absolute Gasteiger partial charge is 0.340 e. The Morgan fingerprint density at radius 3 is 2.56 bits per heavy atom. The quantitative estimate of drug-likeness (QED) is 0.535. The average molecular weight is 501 g/mol. The fourth-order valence-electron chi connectivity index (χ4n) is 3.00. The van der Waals surface area contributed by atoms with Gasteiger partial charge < -0.3 is 14.8 Å². The van der Waals surface area contributed by atoms with Gasteiger partial charge in [0, 0.05) is 23.9 Å². The van der Waals surface area contributed by atoms with Crippen LogP contribution in [-0.2, 0) is 24.3 Å². The first-order valence-electron chi connectivity index (χ1n) is 9.84. The highest BCUT2D eigenvalue weighted by Gasteiger charge is 2.24. The third-order valence-electron chi connectivity index (χ3n) is 4.75. The number of anilines is 1. The SMILES string of the molecule is C[C@H](OC(=O)c1cc(S(=O)(=O)Nc2ccc(Cl)cc2)ccc1Cl)C(=O)NC[C@@H]1CCCO1. The first kappa shape index (κ1) is 24.3. The number of rotatable bonds is 8. The molecule has 1 saturated heterocycles. The van der Waals surface area contributed by atoms with Crippen LogP contribution in [0.15, 0.2) is 47.4 Å². The molecule has 2 N–H and O–H groups in total. The average Bonchev–Trinajstić information content (AvgIpc) is 3.27. The minimum Gasteiger partial charge on any atom is -0.449 e. The molecule has 1 aliphatic heterocycles. The predicted octanol–water partition coefficient (Wildman–Crippen LogP) is 3.63. The van der Waals surface area contributed by atoms with E-state index in [4.69, 9.17) is 32.7 Å². The highest BCUT2D eigenvalue weighted by molar-refractivity contribution is 7.92. The zero-order valence-electron chi connectivity index (χ0n) is 17.1.